The van der Waals surface area contributed by atoms with Crippen LogP contribution in [0.25, 0.3) is 5.53 Å². The van der Waals surface area contributed by atoms with Crippen molar-refractivity contribution >= 4 is 29.1 Å². The van der Waals surface area contributed by atoms with Crippen molar-refractivity contribution in [1.29, 1.82) is 0 Å². The smallest absolute Gasteiger partial charge is 0.441 e. The number of hydrogen-bond donors (Lipinski definition) is 2. The van der Waals surface area contributed by atoms with Crippen LogP contribution < -0.4 is 5.32 Å². The summed E-state index contributed by atoms with van der Waals surface area (Å²) in [6.45, 7) is 1.11. The lowest BCUT2D eigenvalue weighted by atomic mass is 9.82. The van der Waals surface area contributed by atoms with E-state index in [-0.39, 0.29) is 18.7 Å². The molecule has 0 unspecified atom stereocenters. The van der Waals surface area contributed by atoms with Gasteiger partial charge in [0.1, 0.15) is 6.61 Å². The summed E-state index contributed by atoms with van der Waals surface area (Å²) in [7, 11) is 0. The SMILES string of the molecule is C[C@H](O)[C@H]1C(=O)N[C@@H]1CC(=O)C(=[N+]=[N-])C(=O)OCc1ccc([N+](=O)[O-])cc1. The largest absolute Gasteiger partial charge is 0.452 e. The number of nitrogens with one attached hydrogen (secondary N) is 1. The first-order chi connectivity index (χ1) is 12.7. The molecule has 0 aromatic heterocycles. The molecule has 142 valence electrons. The van der Waals surface area contributed by atoms with Crippen molar-refractivity contribution in [3.05, 3.63) is 45.5 Å². The van der Waals surface area contributed by atoms with Gasteiger partial charge in [-0.3, -0.25) is 19.7 Å². The Morgan fingerprint density at radius 2 is 2.04 bits per heavy atom. The fraction of sp³-hybridized carbons (Fsp3) is 0.375. The molecule has 0 bridgehead atoms. The molecule has 1 aliphatic rings. The molecule has 0 spiro atoms. The van der Waals surface area contributed by atoms with Crippen molar-refractivity contribution in [2.45, 2.75) is 32.1 Å². The molecule has 1 aliphatic heterocycles. The maximum atomic E-state index is 12.1. The van der Waals surface area contributed by atoms with Crippen molar-refractivity contribution in [1.82, 2.24) is 5.32 Å². The zero-order valence-electron chi connectivity index (χ0n) is 14.2. The molecule has 1 fully saturated rings. The molecule has 0 aliphatic carbocycles. The van der Waals surface area contributed by atoms with E-state index in [4.69, 9.17) is 10.3 Å². The monoisotopic (exact) mass is 376 g/mol. The number of aliphatic hydroxyl groups is 1. The number of nitro benzene ring substituents is 1. The molecule has 1 aromatic rings. The van der Waals surface area contributed by atoms with Gasteiger partial charge in [0.05, 0.1) is 23.0 Å². The number of carbonyl (C=O) groups is 3. The third-order valence-electron chi connectivity index (χ3n) is 4.06. The average Bonchev–Trinajstić information content (AvgIpc) is 2.59. The van der Waals surface area contributed by atoms with Gasteiger partial charge in [0, 0.05) is 18.6 Å². The van der Waals surface area contributed by atoms with Crippen LogP contribution in [0.3, 0.4) is 0 Å². The lowest BCUT2D eigenvalue weighted by molar-refractivity contribution is -0.384. The molecule has 0 radical (unpaired) electrons. The second-order valence-corrected chi connectivity index (χ2v) is 5.96. The molecule has 2 rings (SSSR count). The molecule has 1 aromatic carbocycles. The minimum atomic E-state index is -1.18. The Hall–Kier alpha value is -3.43. The first-order valence-electron chi connectivity index (χ1n) is 7.88. The predicted molar refractivity (Wildman–Crippen MR) is 88.2 cm³/mol. The lowest BCUT2D eigenvalue weighted by Crippen LogP contribution is -2.62. The van der Waals surface area contributed by atoms with Gasteiger partial charge in [0.2, 0.25) is 5.91 Å². The quantitative estimate of drug-likeness (QED) is 0.0920. The minimum Gasteiger partial charge on any atom is -0.452 e. The third-order valence-corrected chi connectivity index (χ3v) is 4.06. The number of benzene rings is 1. The van der Waals surface area contributed by atoms with E-state index in [1.54, 1.807) is 0 Å². The van der Waals surface area contributed by atoms with E-state index in [9.17, 15) is 29.6 Å². The molecule has 3 atom stereocenters. The number of esters is 1. The second kappa shape index (κ2) is 8.30. The Labute approximate surface area is 152 Å². The highest BCUT2D eigenvalue weighted by Crippen LogP contribution is 2.22. The van der Waals surface area contributed by atoms with Crippen LogP contribution in [0.2, 0.25) is 0 Å². The Morgan fingerprint density at radius 1 is 1.41 bits per heavy atom. The number of aliphatic hydroxyl groups excluding tert-OH is 1. The number of ether oxygens (including phenoxy) is 1. The number of nitrogens with zero attached hydrogens (tertiary/aromatic N) is 3. The molecule has 11 nitrogen and oxygen atoms in total. The third kappa shape index (κ3) is 4.60. The molecule has 11 heteroatoms. The maximum absolute atomic E-state index is 12.1. The number of Topliss-reactive ketones (excluding diaryl/α,β-unsaturated/α-hetero) is 1. The van der Waals surface area contributed by atoms with Crippen LogP contribution in [0, 0.1) is 16.0 Å². The molecule has 0 saturated carbocycles. The summed E-state index contributed by atoms with van der Waals surface area (Å²) in [6, 6.07) is 4.53. The van der Waals surface area contributed by atoms with E-state index < -0.39 is 46.4 Å². The van der Waals surface area contributed by atoms with Crippen LogP contribution in [0.5, 0.6) is 0 Å². The average molecular weight is 376 g/mol. The van der Waals surface area contributed by atoms with E-state index in [1.165, 1.54) is 31.2 Å². The summed E-state index contributed by atoms with van der Waals surface area (Å²) in [6.07, 6.45) is -1.31. The van der Waals surface area contributed by atoms with Crippen molar-refractivity contribution in [2.75, 3.05) is 0 Å². The Bertz CT molecular complexity index is 828. The number of non-ortho nitro benzene ring substituents is 1. The molecular weight excluding hydrogens is 360 g/mol. The Kier molecular flexibility index (Phi) is 6.11. The standard InChI is InChI=1S/C16H16N4O7/c1-8(21)13-11(18-15(13)23)6-12(22)14(19-17)16(24)27-7-9-2-4-10(5-3-9)20(25)26/h2-5,8,11,13,21H,6-7H2,1H3,(H,18,23)/t8-,11+,13+/m0/s1. The van der Waals surface area contributed by atoms with Gasteiger partial charge in [-0.15, -0.1) is 0 Å². The van der Waals surface area contributed by atoms with Crippen molar-refractivity contribution in [3.63, 3.8) is 0 Å². The van der Waals surface area contributed by atoms with Crippen LogP contribution in [-0.4, -0.2) is 50.3 Å². The number of amides is 1. The highest BCUT2D eigenvalue weighted by atomic mass is 16.6. The molecule has 1 heterocycles. The summed E-state index contributed by atoms with van der Waals surface area (Å²) in [5.74, 6) is -3.24. The van der Waals surface area contributed by atoms with Gasteiger partial charge in [0.25, 0.3) is 11.5 Å². The second-order valence-electron chi connectivity index (χ2n) is 5.96. The van der Waals surface area contributed by atoms with Crippen molar-refractivity contribution in [2.24, 2.45) is 5.92 Å². The van der Waals surface area contributed by atoms with Gasteiger partial charge in [-0.2, -0.15) is 4.79 Å². The first-order valence-corrected chi connectivity index (χ1v) is 7.88. The maximum Gasteiger partial charge on any atom is 0.441 e. The molecule has 1 amide bonds. The molecular formula is C16H16N4O7. The summed E-state index contributed by atoms with van der Waals surface area (Å²) in [5.41, 5.74) is 8.40. The van der Waals surface area contributed by atoms with Gasteiger partial charge in [-0.05, 0) is 24.6 Å². The Morgan fingerprint density at radius 3 is 2.52 bits per heavy atom. The topological polar surface area (TPSA) is 172 Å². The van der Waals surface area contributed by atoms with Crippen LogP contribution >= 0.6 is 0 Å². The fourth-order valence-corrected chi connectivity index (χ4v) is 2.63. The highest BCUT2D eigenvalue weighted by molar-refractivity contribution is 6.62. The summed E-state index contributed by atoms with van der Waals surface area (Å²) in [5, 5.41) is 22.5. The van der Waals surface area contributed by atoms with Crippen LogP contribution in [0.15, 0.2) is 24.3 Å². The number of hydrogen-bond acceptors (Lipinski definition) is 7. The number of ketones is 1. The van der Waals surface area contributed by atoms with Crippen LogP contribution in [0.4, 0.5) is 5.69 Å². The number of rotatable bonds is 8. The Balaban J connectivity index is 1.93. The van der Waals surface area contributed by atoms with E-state index in [1.807, 2.05) is 0 Å². The van der Waals surface area contributed by atoms with Crippen LogP contribution in [-0.2, 0) is 25.7 Å². The highest BCUT2D eigenvalue weighted by Gasteiger charge is 2.45. The van der Waals surface area contributed by atoms with Crippen molar-refractivity contribution < 1.29 is 33.9 Å². The number of carbonyl (C=O) groups excluding carboxylic acids is 3. The van der Waals surface area contributed by atoms with Gasteiger partial charge in [0.15, 0.2) is 0 Å². The van der Waals surface area contributed by atoms with Crippen molar-refractivity contribution in [3.8, 4) is 0 Å². The first kappa shape index (κ1) is 19.9. The molecule has 2 N–H and O–H groups in total. The van der Waals surface area contributed by atoms with Crippen LogP contribution in [0.1, 0.15) is 18.9 Å². The molecule has 1 saturated heterocycles. The van der Waals surface area contributed by atoms with Gasteiger partial charge >= 0.3 is 11.7 Å². The predicted octanol–water partition coefficient (Wildman–Crippen LogP) is -0.237. The normalized spacial score (nSPS) is 19.1. The summed E-state index contributed by atoms with van der Waals surface area (Å²) < 4.78 is 4.87. The van der Waals surface area contributed by atoms with Gasteiger partial charge < -0.3 is 20.7 Å². The van der Waals surface area contributed by atoms with E-state index >= 15 is 0 Å². The number of β-lactam (4-membered cyclic amide) rings is 1. The van der Waals surface area contributed by atoms with Gasteiger partial charge in [-0.1, -0.05) is 0 Å². The fourth-order valence-electron chi connectivity index (χ4n) is 2.63. The van der Waals surface area contributed by atoms with Gasteiger partial charge in [-0.25, -0.2) is 4.79 Å². The summed E-state index contributed by atoms with van der Waals surface area (Å²) >= 11 is 0. The lowest BCUT2D eigenvalue weighted by Gasteiger charge is -2.37. The van der Waals surface area contributed by atoms with E-state index in [0.29, 0.717) is 5.56 Å². The van der Waals surface area contributed by atoms with E-state index in [2.05, 4.69) is 10.1 Å². The molecule has 27 heavy (non-hydrogen) atoms. The zero-order chi connectivity index (χ0) is 20.1. The number of nitro groups is 1. The summed E-state index contributed by atoms with van der Waals surface area (Å²) in [4.78, 5) is 48.1. The minimum absolute atomic E-state index is 0.131. The van der Waals surface area contributed by atoms with E-state index in [0.717, 1.165) is 0 Å². The zero-order valence-corrected chi connectivity index (χ0v) is 14.2.